The monoisotopic (exact) mass is 213 g/mol. The Labute approximate surface area is 91.5 Å². The Kier molecular flexibility index (Phi) is 70.3. The summed E-state index contributed by atoms with van der Waals surface area (Å²) in [4.78, 5) is 0. The zero-order chi connectivity index (χ0) is 3.54. The maximum atomic E-state index is 2.00. The normalized spacial score (nSPS) is 4.00. The van der Waals surface area contributed by atoms with Gasteiger partial charge in [-0.2, -0.15) is 18.2 Å². The molecular weight excluding hydrogens is 203 g/mol. The first-order valence-electron chi connectivity index (χ1n) is 1.67. The molecule has 10 heavy (non-hydrogen) atoms. The minimum absolute atomic E-state index is 0. The first-order valence-corrected chi connectivity index (χ1v) is 1.67. The second-order valence-corrected chi connectivity index (χ2v) is 0.962. The second-order valence-electron chi connectivity index (χ2n) is 0.962. The van der Waals surface area contributed by atoms with Gasteiger partial charge in [-0.3, -0.25) is 0 Å². The van der Waals surface area contributed by atoms with Crippen molar-refractivity contribution in [2.24, 2.45) is 0 Å². The molecule has 0 aliphatic heterocycles. The van der Waals surface area contributed by atoms with E-state index >= 15 is 0 Å². The third kappa shape index (κ3) is 15.9. The van der Waals surface area contributed by atoms with Gasteiger partial charge in [0, 0.05) is 0 Å². The quantitative estimate of drug-likeness (QED) is 0.308. The van der Waals surface area contributed by atoms with Crippen molar-refractivity contribution in [3.63, 3.8) is 0 Å². The smallest absolute Gasteiger partial charge is 1.00 e. The molecular formula is C7H11Cl2Ti-3. The Bertz CT molecular complexity index is 68.1. The molecule has 0 saturated carbocycles. The van der Waals surface area contributed by atoms with Crippen LogP contribution < -0.4 is 24.8 Å². The van der Waals surface area contributed by atoms with Crippen molar-refractivity contribution in [1.29, 1.82) is 0 Å². The van der Waals surface area contributed by atoms with E-state index in [4.69, 9.17) is 0 Å². The Hall–Kier alpha value is 0.644. The van der Waals surface area contributed by atoms with E-state index in [1.165, 1.54) is 0 Å². The molecule has 0 nitrogen and oxygen atoms in total. The van der Waals surface area contributed by atoms with Crippen molar-refractivity contribution in [2.45, 2.75) is 0 Å². The predicted octanol–water partition coefficient (Wildman–Crippen LogP) is -3.69. The molecule has 0 aliphatic carbocycles. The summed E-state index contributed by atoms with van der Waals surface area (Å²) in [5.74, 6) is 0. The summed E-state index contributed by atoms with van der Waals surface area (Å²) >= 11 is 0. The van der Waals surface area contributed by atoms with Crippen LogP contribution in [0.1, 0.15) is 0 Å². The summed E-state index contributed by atoms with van der Waals surface area (Å²) in [5, 5.41) is 0. The van der Waals surface area contributed by atoms with E-state index in [1.54, 1.807) is 0 Å². The number of hydrogen-bond acceptors (Lipinski definition) is 0. The van der Waals surface area contributed by atoms with Crippen molar-refractivity contribution in [2.75, 3.05) is 0 Å². The first-order chi connectivity index (χ1) is 2.50. The minimum Gasteiger partial charge on any atom is -1.00 e. The van der Waals surface area contributed by atoms with Gasteiger partial charge in [-0.15, -0.1) is 0 Å². The molecule has 0 N–H and O–H groups in total. The van der Waals surface area contributed by atoms with Gasteiger partial charge in [0.15, 0.2) is 0 Å². The van der Waals surface area contributed by atoms with E-state index < -0.39 is 0 Å². The van der Waals surface area contributed by atoms with Crippen LogP contribution in [0.25, 0.3) is 0 Å². The fourth-order valence-electron chi connectivity index (χ4n) is 0.321. The van der Waals surface area contributed by atoms with Gasteiger partial charge in [0.05, 0.1) is 0 Å². The minimum atomic E-state index is 0. The molecule has 0 unspecified atom stereocenters. The molecule has 0 radical (unpaired) electrons. The van der Waals surface area contributed by atoms with Crippen LogP contribution in [-0.2, 0) is 21.7 Å². The summed E-state index contributed by atoms with van der Waals surface area (Å²) < 4.78 is 0. The van der Waals surface area contributed by atoms with E-state index in [9.17, 15) is 0 Å². The van der Waals surface area contributed by atoms with Gasteiger partial charge in [0.1, 0.15) is 0 Å². The Balaban J connectivity index is -0.0000000167. The summed E-state index contributed by atoms with van der Waals surface area (Å²) in [5.41, 5.74) is 0. The molecule has 1 aromatic rings. The van der Waals surface area contributed by atoms with Gasteiger partial charge < -0.3 is 39.7 Å². The summed E-state index contributed by atoms with van der Waals surface area (Å²) in [6.45, 7) is 0. The van der Waals surface area contributed by atoms with Gasteiger partial charge in [0.2, 0.25) is 0 Å². The predicted molar refractivity (Wildman–Crippen MR) is 34.9 cm³/mol. The standard InChI is InChI=1S/C5H5.2CH3.2ClH.Ti/c1-2-4-5-3-1;;;;;/h1-5H;2*1H3;2*1H;/q3*-1;;;+2/p-2. The number of rotatable bonds is 0. The molecule has 3 heteroatoms. The van der Waals surface area contributed by atoms with E-state index in [0.717, 1.165) is 0 Å². The zero-order valence-electron chi connectivity index (χ0n) is 6.14. The largest absolute Gasteiger partial charge is 2.00 e. The molecule has 0 saturated heterocycles. The first kappa shape index (κ1) is 31.1. The van der Waals surface area contributed by atoms with Crippen LogP contribution in [0.2, 0.25) is 0 Å². The van der Waals surface area contributed by atoms with Gasteiger partial charge in [-0.05, 0) is 0 Å². The van der Waals surface area contributed by atoms with Crippen molar-refractivity contribution in [1.82, 2.24) is 0 Å². The Morgan fingerprint density at radius 3 is 1.20 bits per heavy atom. The topological polar surface area (TPSA) is 0 Å². The van der Waals surface area contributed by atoms with Crippen LogP contribution in [0.3, 0.4) is 0 Å². The van der Waals surface area contributed by atoms with Crippen LogP contribution in [0.5, 0.6) is 0 Å². The third-order valence-electron chi connectivity index (χ3n) is 0.556. The van der Waals surface area contributed by atoms with Crippen LogP contribution >= 0.6 is 0 Å². The Morgan fingerprint density at radius 1 is 0.800 bits per heavy atom. The van der Waals surface area contributed by atoms with Gasteiger partial charge in [-0.25, -0.2) is 12.1 Å². The zero-order valence-corrected chi connectivity index (χ0v) is 9.22. The van der Waals surface area contributed by atoms with Crippen LogP contribution in [0.4, 0.5) is 0 Å². The molecule has 60 valence electrons. The molecule has 0 spiro atoms. The number of halogens is 2. The second kappa shape index (κ2) is 22.6. The summed E-state index contributed by atoms with van der Waals surface area (Å²) in [6.07, 6.45) is 0. The van der Waals surface area contributed by atoms with Crippen molar-refractivity contribution in [3.05, 3.63) is 45.2 Å². The van der Waals surface area contributed by atoms with Gasteiger partial charge in [-0.1, -0.05) is 0 Å². The summed E-state index contributed by atoms with van der Waals surface area (Å²) in [6, 6.07) is 10.0. The van der Waals surface area contributed by atoms with Crippen molar-refractivity contribution in [3.8, 4) is 0 Å². The summed E-state index contributed by atoms with van der Waals surface area (Å²) in [7, 11) is 0. The molecule has 0 heterocycles. The van der Waals surface area contributed by atoms with E-state index in [-0.39, 0.29) is 61.4 Å². The van der Waals surface area contributed by atoms with E-state index in [1.807, 2.05) is 30.3 Å². The van der Waals surface area contributed by atoms with Gasteiger partial charge in [0.25, 0.3) is 0 Å². The van der Waals surface area contributed by atoms with Crippen molar-refractivity contribution >= 4 is 0 Å². The molecule has 0 fully saturated rings. The van der Waals surface area contributed by atoms with E-state index in [2.05, 4.69) is 0 Å². The SMILES string of the molecule is [CH3-].[CH3-].[Cl-].[Cl-].[Ti+2].c1cc[cH-]c1. The molecule has 1 rings (SSSR count). The molecule has 0 aromatic heterocycles. The number of hydrogen-bond donors (Lipinski definition) is 0. The maximum absolute atomic E-state index is 2.00. The van der Waals surface area contributed by atoms with Crippen LogP contribution in [0.15, 0.2) is 30.3 Å². The maximum Gasteiger partial charge on any atom is 2.00 e. The average molecular weight is 214 g/mol. The van der Waals surface area contributed by atoms with Crippen molar-refractivity contribution < 1.29 is 46.5 Å². The van der Waals surface area contributed by atoms with Gasteiger partial charge >= 0.3 is 21.7 Å². The fourth-order valence-corrected chi connectivity index (χ4v) is 0.321. The Morgan fingerprint density at radius 2 is 1.10 bits per heavy atom. The molecule has 1 aromatic carbocycles. The molecule has 0 aliphatic rings. The third-order valence-corrected chi connectivity index (χ3v) is 0.556. The molecule has 0 bridgehead atoms. The van der Waals surface area contributed by atoms with E-state index in [0.29, 0.717) is 0 Å². The molecule has 0 atom stereocenters. The van der Waals surface area contributed by atoms with Crippen LogP contribution in [0, 0.1) is 14.9 Å². The van der Waals surface area contributed by atoms with Crippen LogP contribution in [-0.4, -0.2) is 0 Å². The molecule has 0 amide bonds. The average Bonchev–Trinajstić information content (AvgIpc) is 1.76. The fraction of sp³-hybridized carbons (Fsp3) is 0.